The molecule has 0 bridgehead atoms. The minimum absolute atomic E-state index is 0.0169. The third kappa shape index (κ3) is 3.50. The molecule has 4 rings (SSSR count). The Labute approximate surface area is 163 Å². The average molecular weight is 380 g/mol. The van der Waals surface area contributed by atoms with Crippen LogP contribution in [-0.4, -0.2) is 45.7 Å². The molecule has 1 aliphatic rings. The van der Waals surface area contributed by atoms with Gasteiger partial charge in [0.1, 0.15) is 11.3 Å². The Hall–Kier alpha value is -3.13. The summed E-state index contributed by atoms with van der Waals surface area (Å²) in [5, 5.41) is 15.3. The smallest absolute Gasteiger partial charge is 0.248 e. The van der Waals surface area contributed by atoms with Crippen molar-refractivity contribution in [3.8, 4) is 11.4 Å². The molecule has 3 aromatic rings. The number of nitrogens with one attached hydrogen (secondary N) is 2. The fourth-order valence-electron chi connectivity index (χ4n) is 3.59. The van der Waals surface area contributed by atoms with Crippen molar-refractivity contribution in [2.75, 3.05) is 20.2 Å². The number of methoxy groups -OCH3 is 1. The second kappa shape index (κ2) is 7.85. The van der Waals surface area contributed by atoms with Gasteiger partial charge in [0.05, 0.1) is 25.0 Å². The Balaban J connectivity index is 1.45. The number of hydrogen-bond donors (Lipinski definition) is 2. The third-order valence-electron chi connectivity index (χ3n) is 5.21. The average Bonchev–Trinajstić information content (AvgIpc) is 3.45. The van der Waals surface area contributed by atoms with Crippen LogP contribution in [0, 0.1) is 0 Å². The number of nitrogens with zero attached hydrogens (tertiary/aromatic N) is 4. The van der Waals surface area contributed by atoms with E-state index in [9.17, 15) is 4.79 Å². The molecule has 0 radical (unpaired) electrons. The van der Waals surface area contributed by atoms with Gasteiger partial charge in [0.2, 0.25) is 5.91 Å². The van der Waals surface area contributed by atoms with Crippen molar-refractivity contribution in [3.05, 3.63) is 60.7 Å². The molecule has 1 amide bonds. The van der Waals surface area contributed by atoms with Gasteiger partial charge in [0.25, 0.3) is 0 Å². The SMILES string of the molecule is COc1ccc(-n2ccc(CNC(=O)C3(n4cccn4)CCNCC3)n2)cc1. The van der Waals surface area contributed by atoms with Crippen LogP contribution in [-0.2, 0) is 16.9 Å². The molecule has 2 N–H and O–H groups in total. The standard InChI is InChI=1S/C20H24N6O2/c1-28-18-5-3-17(4-6-18)25-14-7-16(24-25)15-22-19(27)20(8-11-21-12-9-20)26-13-2-10-23-26/h2-7,10,13-14,21H,8-9,11-12,15H2,1H3,(H,22,27). The van der Waals surface area contributed by atoms with Crippen molar-refractivity contribution in [2.24, 2.45) is 0 Å². The van der Waals surface area contributed by atoms with E-state index in [1.165, 1.54) is 0 Å². The summed E-state index contributed by atoms with van der Waals surface area (Å²) >= 11 is 0. The van der Waals surface area contributed by atoms with Gasteiger partial charge >= 0.3 is 0 Å². The van der Waals surface area contributed by atoms with Gasteiger partial charge in [-0.25, -0.2) is 4.68 Å². The van der Waals surface area contributed by atoms with E-state index in [0.717, 1.165) is 30.2 Å². The molecule has 1 aliphatic heterocycles. The number of ether oxygens (including phenoxy) is 1. The fourth-order valence-corrected chi connectivity index (χ4v) is 3.59. The molecule has 28 heavy (non-hydrogen) atoms. The first-order chi connectivity index (χ1) is 13.7. The van der Waals surface area contributed by atoms with Crippen LogP contribution in [0.15, 0.2) is 55.0 Å². The van der Waals surface area contributed by atoms with Gasteiger partial charge < -0.3 is 15.4 Å². The second-order valence-corrected chi connectivity index (χ2v) is 6.86. The molecule has 0 unspecified atom stereocenters. The maximum absolute atomic E-state index is 13.1. The van der Waals surface area contributed by atoms with E-state index in [2.05, 4.69) is 20.8 Å². The van der Waals surface area contributed by atoms with Crippen LogP contribution >= 0.6 is 0 Å². The lowest BCUT2D eigenvalue weighted by atomic mass is 9.87. The summed E-state index contributed by atoms with van der Waals surface area (Å²) in [6, 6.07) is 11.4. The zero-order valence-corrected chi connectivity index (χ0v) is 15.8. The van der Waals surface area contributed by atoms with Gasteiger partial charge in [-0.1, -0.05) is 0 Å². The highest BCUT2D eigenvalue weighted by Gasteiger charge is 2.41. The number of piperidine rings is 1. The Bertz CT molecular complexity index is 911. The number of benzene rings is 1. The van der Waals surface area contributed by atoms with Crippen molar-refractivity contribution in [3.63, 3.8) is 0 Å². The predicted octanol–water partition coefficient (Wildman–Crippen LogP) is 1.47. The molecule has 0 spiro atoms. The fraction of sp³-hybridized carbons (Fsp3) is 0.350. The van der Waals surface area contributed by atoms with Crippen molar-refractivity contribution < 1.29 is 9.53 Å². The van der Waals surface area contributed by atoms with Crippen molar-refractivity contribution in [2.45, 2.75) is 24.9 Å². The van der Waals surface area contributed by atoms with E-state index >= 15 is 0 Å². The van der Waals surface area contributed by atoms with E-state index in [0.29, 0.717) is 19.4 Å². The lowest BCUT2D eigenvalue weighted by Crippen LogP contribution is -2.54. The molecule has 8 heteroatoms. The molecule has 146 valence electrons. The van der Waals surface area contributed by atoms with Gasteiger partial charge in [0, 0.05) is 18.6 Å². The van der Waals surface area contributed by atoms with Crippen molar-refractivity contribution in [1.82, 2.24) is 30.2 Å². The highest BCUT2D eigenvalue weighted by molar-refractivity contribution is 5.84. The second-order valence-electron chi connectivity index (χ2n) is 6.86. The molecule has 0 atom stereocenters. The van der Waals surface area contributed by atoms with E-state index in [1.54, 1.807) is 22.7 Å². The Morgan fingerprint density at radius 2 is 2.00 bits per heavy atom. The summed E-state index contributed by atoms with van der Waals surface area (Å²) in [7, 11) is 1.64. The van der Waals surface area contributed by atoms with Crippen molar-refractivity contribution in [1.29, 1.82) is 0 Å². The van der Waals surface area contributed by atoms with Gasteiger partial charge in [0.15, 0.2) is 0 Å². The Kier molecular flexibility index (Phi) is 5.12. The summed E-state index contributed by atoms with van der Waals surface area (Å²) in [5.41, 5.74) is 1.09. The first-order valence-corrected chi connectivity index (χ1v) is 9.39. The number of amides is 1. The topological polar surface area (TPSA) is 86.0 Å². The van der Waals surface area contributed by atoms with Crippen LogP contribution in [0.3, 0.4) is 0 Å². The van der Waals surface area contributed by atoms with E-state index in [1.807, 2.05) is 48.8 Å². The minimum Gasteiger partial charge on any atom is -0.497 e. The normalized spacial score (nSPS) is 15.9. The summed E-state index contributed by atoms with van der Waals surface area (Å²) < 4.78 is 8.76. The molecule has 3 heterocycles. The number of carbonyl (C=O) groups is 1. The number of rotatable bonds is 6. The molecule has 0 saturated carbocycles. The predicted molar refractivity (Wildman–Crippen MR) is 104 cm³/mol. The molecule has 8 nitrogen and oxygen atoms in total. The zero-order valence-electron chi connectivity index (χ0n) is 15.8. The Morgan fingerprint density at radius 1 is 1.21 bits per heavy atom. The van der Waals surface area contributed by atoms with Gasteiger partial charge in [-0.05, 0) is 62.3 Å². The van der Waals surface area contributed by atoms with E-state index in [4.69, 9.17) is 4.74 Å². The van der Waals surface area contributed by atoms with Gasteiger partial charge in [-0.3, -0.25) is 9.48 Å². The third-order valence-corrected chi connectivity index (χ3v) is 5.21. The lowest BCUT2D eigenvalue weighted by Gasteiger charge is -2.36. The highest BCUT2D eigenvalue weighted by atomic mass is 16.5. The Morgan fingerprint density at radius 3 is 2.68 bits per heavy atom. The summed E-state index contributed by atoms with van der Waals surface area (Å²) in [6.07, 6.45) is 6.88. The van der Waals surface area contributed by atoms with Crippen LogP contribution in [0.4, 0.5) is 0 Å². The molecule has 2 aromatic heterocycles. The van der Waals surface area contributed by atoms with Crippen LogP contribution in [0.1, 0.15) is 18.5 Å². The van der Waals surface area contributed by atoms with Gasteiger partial charge in [-0.2, -0.15) is 10.2 Å². The molecular formula is C20H24N6O2. The van der Waals surface area contributed by atoms with Gasteiger partial charge in [-0.15, -0.1) is 0 Å². The number of hydrogen-bond acceptors (Lipinski definition) is 5. The first kappa shape index (κ1) is 18.2. The molecule has 1 fully saturated rings. The lowest BCUT2D eigenvalue weighted by molar-refractivity contribution is -0.132. The van der Waals surface area contributed by atoms with E-state index in [-0.39, 0.29) is 5.91 Å². The summed E-state index contributed by atoms with van der Waals surface area (Å²) in [5.74, 6) is 0.783. The molecule has 0 aliphatic carbocycles. The zero-order chi connectivity index (χ0) is 19.4. The summed E-state index contributed by atoms with van der Waals surface area (Å²) in [6.45, 7) is 1.96. The summed E-state index contributed by atoms with van der Waals surface area (Å²) in [4.78, 5) is 13.1. The minimum atomic E-state index is -0.646. The largest absolute Gasteiger partial charge is 0.497 e. The number of aromatic nitrogens is 4. The molecule has 1 aromatic carbocycles. The maximum Gasteiger partial charge on any atom is 0.248 e. The maximum atomic E-state index is 13.1. The van der Waals surface area contributed by atoms with Crippen LogP contribution < -0.4 is 15.4 Å². The van der Waals surface area contributed by atoms with Crippen LogP contribution in [0.5, 0.6) is 5.75 Å². The van der Waals surface area contributed by atoms with E-state index < -0.39 is 5.54 Å². The monoisotopic (exact) mass is 380 g/mol. The van der Waals surface area contributed by atoms with Crippen molar-refractivity contribution >= 4 is 5.91 Å². The van der Waals surface area contributed by atoms with Crippen LogP contribution in [0.2, 0.25) is 0 Å². The quantitative estimate of drug-likeness (QED) is 0.676. The molecule has 1 saturated heterocycles. The first-order valence-electron chi connectivity index (χ1n) is 9.39. The van der Waals surface area contributed by atoms with Crippen LogP contribution in [0.25, 0.3) is 5.69 Å². The molecular weight excluding hydrogens is 356 g/mol. The highest BCUT2D eigenvalue weighted by Crippen LogP contribution is 2.27. The number of carbonyl (C=O) groups excluding carboxylic acids is 1.